The number of halogens is 1. The van der Waals surface area contributed by atoms with E-state index in [1.54, 1.807) is 24.3 Å². The Morgan fingerprint density at radius 3 is 2.53 bits per heavy atom. The largest absolute Gasteiger partial charge is 0.327 e. The van der Waals surface area contributed by atoms with Gasteiger partial charge in [-0.1, -0.05) is 24.3 Å². The van der Waals surface area contributed by atoms with Gasteiger partial charge in [-0.05, 0) is 5.39 Å². The normalized spacial score (nSPS) is 11.8. The van der Waals surface area contributed by atoms with Crippen LogP contribution in [0.25, 0.3) is 10.8 Å². The Morgan fingerprint density at radius 2 is 1.87 bits per heavy atom. The lowest BCUT2D eigenvalue weighted by atomic mass is 10.2. The standard InChI is InChI=1S/C9H6ClNO3S/c10-15(13,14)8-7-4-2-1-3-6(7)5-11-9(8)12/h1-5H,(H,11,12). The summed E-state index contributed by atoms with van der Waals surface area (Å²) in [6.45, 7) is 0. The van der Waals surface area contributed by atoms with Gasteiger partial charge < -0.3 is 4.98 Å². The van der Waals surface area contributed by atoms with Gasteiger partial charge in [0, 0.05) is 22.3 Å². The molecule has 0 aliphatic carbocycles. The second-order valence-electron chi connectivity index (χ2n) is 2.97. The van der Waals surface area contributed by atoms with Crippen molar-refractivity contribution in [2.24, 2.45) is 0 Å². The van der Waals surface area contributed by atoms with Gasteiger partial charge in [0.05, 0.1) is 0 Å². The van der Waals surface area contributed by atoms with Crippen molar-refractivity contribution in [1.29, 1.82) is 0 Å². The molecular weight excluding hydrogens is 238 g/mol. The highest BCUT2D eigenvalue weighted by Gasteiger charge is 2.18. The molecule has 0 aliphatic heterocycles. The lowest BCUT2D eigenvalue weighted by Gasteiger charge is -2.01. The molecular formula is C9H6ClNO3S. The quantitative estimate of drug-likeness (QED) is 0.771. The lowest BCUT2D eigenvalue weighted by Crippen LogP contribution is -2.14. The molecule has 2 rings (SSSR count). The molecule has 0 atom stereocenters. The first-order chi connectivity index (χ1) is 7.00. The fraction of sp³-hybridized carbons (Fsp3) is 0. The van der Waals surface area contributed by atoms with Gasteiger partial charge in [0.2, 0.25) is 0 Å². The molecule has 78 valence electrons. The smallest absolute Gasteiger partial charge is 0.268 e. The summed E-state index contributed by atoms with van der Waals surface area (Å²) >= 11 is 0. The van der Waals surface area contributed by atoms with E-state index in [4.69, 9.17) is 10.7 Å². The maximum atomic E-state index is 11.4. The molecule has 0 spiro atoms. The number of aromatic amines is 1. The molecule has 0 bridgehead atoms. The zero-order valence-electron chi connectivity index (χ0n) is 7.40. The summed E-state index contributed by atoms with van der Waals surface area (Å²) in [4.78, 5) is 13.3. The van der Waals surface area contributed by atoms with Crippen LogP contribution in [0.1, 0.15) is 0 Å². The third-order valence-corrected chi connectivity index (χ3v) is 3.37. The van der Waals surface area contributed by atoms with E-state index in [2.05, 4.69) is 4.98 Å². The summed E-state index contributed by atoms with van der Waals surface area (Å²) in [5.41, 5.74) is -0.705. The van der Waals surface area contributed by atoms with E-state index >= 15 is 0 Å². The zero-order chi connectivity index (χ0) is 11.1. The van der Waals surface area contributed by atoms with Crippen LogP contribution in [0.5, 0.6) is 0 Å². The van der Waals surface area contributed by atoms with Gasteiger partial charge in [0.15, 0.2) is 4.90 Å². The van der Waals surface area contributed by atoms with Crippen LogP contribution in [0.3, 0.4) is 0 Å². The molecule has 1 heterocycles. The van der Waals surface area contributed by atoms with E-state index in [0.717, 1.165) is 0 Å². The number of hydrogen-bond donors (Lipinski definition) is 1. The lowest BCUT2D eigenvalue weighted by molar-refractivity contribution is 0.609. The second-order valence-corrected chi connectivity index (χ2v) is 5.47. The molecule has 0 saturated carbocycles. The van der Waals surface area contributed by atoms with Crippen molar-refractivity contribution in [1.82, 2.24) is 4.98 Å². The predicted octanol–water partition coefficient (Wildman–Crippen LogP) is 1.46. The molecule has 0 amide bonds. The number of aromatic nitrogens is 1. The summed E-state index contributed by atoms with van der Waals surface area (Å²) in [5.74, 6) is 0. The highest BCUT2D eigenvalue weighted by Crippen LogP contribution is 2.21. The Bertz CT molecular complexity index is 675. The average molecular weight is 244 g/mol. The van der Waals surface area contributed by atoms with Crippen molar-refractivity contribution in [2.45, 2.75) is 4.90 Å². The van der Waals surface area contributed by atoms with Gasteiger partial charge in [0.25, 0.3) is 14.6 Å². The maximum Gasteiger partial charge on any atom is 0.268 e. The number of nitrogens with one attached hydrogen (secondary N) is 1. The minimum atomic E-state index is -4.03. The number of rotatable bonds is 1. The van der Waals surface area contributed by atoms with Crippen LogP contribution in [0, 0.1) is 0 Å². The first-order valence-corrected chi connectivity index (χ1v) is 6.36. The van der Waals surface area contributed by atoms with E-state index in [1.807, 2.05) is 0 Å². The van der Waals surface area contributed by atoms with Crippen molar-refractivity contribution >= 4 is 30.5 Å². The van der Waals surface area contributed by atoms with Crippen molar-refractivity contribution in [3.8, 4) is 0 Å². The van der Waals surface area contributed by atoms with Crippen LogP contribution in [-0.4, -0.2) is 13.4 Å². The highest BCUT2D eigenvalue weighted by molar-refractivity contribution is 8.13. The summed E-state index contributed by atoms with van der Waals surface area (Å²) in [6.07, 6.45) is 1.45. The molecule has 0 radical (unpaired) electrons. The molecule has 0 unspecified atom stereocenters. The Morgan fingerprint density at radius 1 is 1.20 bits per heavy atom. The minimum absolute atomic E-state index is 0.330. The molecule has 1 aromatic carbocycles. The Labute approximate surface area is 89.9 Å². The molecule has 2 aromatic rings. The number of fused-ring (bicyclic) bond motifs is 1. The van der Waals surface area contributed by atoms with Gasteiger partial charge in [-0.2, -0.15) is 0 Å². The van der Waals surface area contributed by atoms with E-state index < -0.39 is 19.5 Å². The topological polar surface area (TPSA) is 67.0 Å². The average Bonchev–Trinajstić information content (AvgIpc) is 2.15. The van der Waals surface area contributed by atoms with E-state index in [0.29, 0.717) is 10.8 Å². The third-order valence-electron chi connectivity index (χ3n) is 2.01. The Kier molecular flexibility index (Phi) is 2.28. The number of hydrogen-bond acceptors (Lipinski definition) is 3. The summed E-state index contributed by atoms with van der Waals surface area (Å²) in [5, 5.41) is 0.951. The Hall–Kier alpha value is -1.33. The predicted molar refractivity (Wildman–Crippen MR) is 57.6 cm³/mol. The van der Waals surface area contributed by atoms with Crippen LogP contribution in [0.15, 0.2) is 40.2 Å². The van der Waals surface area contributed by atoms with Gasteiger partial charge >= 0.3 is 0 Å². The third kappa shape index (κ3) is 1.75. The SMILES string of the molecule is O=c1[nH]cc2ccccc2c1S(=O)(=O)Cl. The fourth-order valence-electron chi connectivity index (χ4n) is 1.40. The summed E-state index contributed by atoms with van der Waals surface area (Å²) < 4.78 is 22.4. The fourth-order valence-corrected chi connectivity index (χ4v) is 2.59. The van der Waals surface area contributed by atoms with Crippen LogP contribution < -0.4 is 5.56 Å². The first kappa shape index (κ1) is 10.2. The van der Waals surface area contributed by atoms with Gasteiger partial charge in [-0.25, -0.2) is 8.42 Å². The second kappa shape index (κ2) is 3.36. The van der Waals surface area contributed by atoms with Crippen molar-refractivity contribution in [3.63, 3.8) is 0 Å². The van der Waals surface area contributed by atoms with Crippen LogP contribution in [0.4, 0.5) is 0 Å². The number of benzene rings is 1. The molecule has 1 N–H and O–H groups in total. The molecule has 0 saturated heterocycles. The van der Waals surface area contributed by atoms with Crippen molar-refractivity contribution in [3.05, 3.63) is 40.8 Å². The van der Waals surface area contributed by atoms with Crippen LogP contribution >= 0.6 is 10.7 Å². The van der Waals surface area contributed by atoms with E-state index in [9.17, 15) is 13.2 Å². The molecule has 0 aliphatic rings. The number of H-pyrrole nitrogens is 1. The van der Waals surface area contributed by atoms with E-state index in [-0.39, 0.29) is 0 Å². The minimum Gasteiger partial charge on any atom is -0.327 e. The van der Waals surface area contributed by atoms with Crippen molar-refractivity contribution in [2.75, 3.05) is 0 Å². The molecule has 0 fully saturated rings. The maximum absolute atomic E-state index is 11.4. The highest BCUT2D eigenvalue weighted by atomic mass is 35.7. The van der Waals surface area contributed by atoms with Gasteiger partial charge in [0.1, 0.15) is 0 Å². The molecule has 6 heteroatoms. The summed E-state index contributed by atoms with van der Waals surface area (Å²) in [6, 6.07) is 6.62. The van der Waals surface area contributed by atoms with Gasteiger partial charge in [-0.3, -0.25) is 4.79 Å². The van der Waals surface area contributed by atoms with Crippen molar-refractivity contribution < 1.29 is 8.42 Å². The Balaban J connectivity index is 3.06. The van der Waals surface area contributed by atoms with Crippen LogP contribution in [-0.2, 0) is 9.05 Å². The van der Waals surface area contributed by atoms with Gasteiger partial charge in [-0.15, -0.1) is 0 Å². The molecule has 15 heavy (non-hydrogen) atoms. The van der Waals surface area contributed by atoms with E-state index in [1.165, 1.54) is 6.20 Å². The first-order valence-electron chi connectivity index (χ1n) is 4.05. The number of pyridine rings is 1. The molecule has 4 nitrogen and oxygen atoms in total. The zero-order valence-corrected chi connectivity index (χ0v) is 8.97. The summed E-state index contributed by atoms with van der Waals surface area (Å²) in [7, 11) is 1.16. The monoisotopic (exact) mass is 243 g/mol. The molecule has 1 aromatic heterocycles. The van der Waals surface area contributed by atoms with Crippen LogP contribution in [0.2, 0.25) is 0 Å².